The number of nitrogens with two attached hydrogens (primary N) is 1. The van der Waals surface area contributed by atoms with Gasteiger partial charge in [-0.1, -0.05) is 44.7 Å². The molecule has 0 bridgehead atoms. The number of amides is 2. The molecule has 1 saturated heterocycles. The number of phosphoric acid groups is 3. The Bertz CT molecular complexity index is 1980. The molecule has 7 atom stereocenters. The van der Waals surface area contributed by atoms with Gasteiger partial charge in [0.05, 0.1) is 26.0 Å². The monoisotopic (exact) mass is 933 g/mol. The second kappa shape index (κ2) is 22.9. The summed E-state index contributed by atoms with van der Waals surface area (Å²) < 4.78 is 62.1. The van der Waals surface area contributed by atoms with Crippen LogP contribution in [0.25, 0.3) is 11.2 Å². The van der Waals surface area contributed by atoms with Crippen molar-refractivity contribution in [3.63, 3.8) is 0 Å². The molecule has 0 spiro atoms. The van der Waals surface area contributed by atoms with Gasteiger partial charge in [-0.15, -0.1) is 0 Å². The maximum atomic E-state index is 12.7. The molecule has 10 N–H and O–H groups in total. The van der Waals surface area contributed by atoms with Crippen LogP contribution in [0, 0.1) is 5.41 Å². The predicted molar refractivity (Wildman–Crippen MR) is 210 cm³/mol. The van der Waals surface area contributed by atoms with Crippen LogP contribution < -0.4 is 16.4 Å². The highest BCUT2D eigenvalue weighted by Crippen LogP contribution is 2.61. The van der Waals surface area contributed by atoms with Gasteiger partial charge in [-0.3, -0.25) is 37.3 Å². The van der Waals surface area contributed by atoms with Crippen molar-refractivity contribution in [1.82, 2.24) is 30.2 Å². The minimum absolute atomic E-state index is 0.0242. The Morgan fingerprint density at radius 3 is 2.42 bits per heavy atom. The molecule has 25 nitrogen and oxygen atoms in total. The summed E-state index contributed by atoms with van der Waals surface area (Å²) in [7, 11) is -16.4. The molecule has 29 heteroatoms. The van der Waals surface area contributed by atoms with E-state index in [-0.39, 0.29) is 59.6 Å². The van der Waals surface area contributed by atoms with E-state index in [0.717, 1.165) is 41.8 Å². The molecular weight excluding hydrogens is 883 g/mol. The van der Waals surface area contributed by atoms with E-state index in [1.54, 1.807) is 0 Å². The number of aliphatic hydroxyl groups is 2. The van der Waals surface area contributed by atoms with E-state index in [0.29, 0.717) is 12.8 Å². The quantitative estimate of drug-likeness (QED) is 0.0272. The number of nitrogens with one attached hydrogen (secondary N) is 2. The van der Waals surface area contributed by atoms with Gasteiger partial charge in [-0.05, 0) is 19.3 Å². The number of imidazole rings is 1. The first-order valence-corrected chi connectivity index (χ1v) is 23.7. The largest absolute Gasteiger partial charge is 0.481 e. The highest BCUT2D eigenvalue weighted by molar-refractivity contribution is 8.13. The Balaban J connectivity index is 1.43. The van der Waals surface area contributed by atoms with E-state index < -0.39 is 84.6 Å². The summed E-state index contributed by atoms with van der Waals surface area (Å²) in [4.78, 5) is 99.7. The van der Waals surface area contributed by atoms with Gasteiger partial charge in [0.1, 0.15) is 42.0 Å². The van der Waals surface area contributed by atoms with Crippen molar-refractivity contribution in [3.8, 4) is 0 Å². The van der Waals surface area contributed by atoms with Gasteiger partial charge >= 0.3 is 23.5 Å². The zero-order chi connectivity index (χ0) is 44.9. The fraction of sp³-hybridized carbons (Fsp3) is 0.645. The van der Waals surface area contributed by atoms with Crippen LogP contribution in [-0.2, 0) is 55.5 Å². The Morgan fingerprint density at radius 2 is 1.73 bits per heavy atom. The number of carbonyl (C=O) groups excluding carboxylic acids is 4. The van der Waals surface area contributed by atoms with Crippen molar-refractivity contribution in [3.05, 3.63) is 24.8 Å². The maximum absolute atomic E-state index is 12.7. The number of nitrogens with zero attached hydrogens (tertiary/aromatic N) is 4. The number of ether oxygens (including phenoxy) is 1. The summed E-state index contributed by atoms with van der Waals surface area (Å²) in [5.41, 5.74) is 4.23. The summed E-state index contributed by atoms with van der Waals surface area (Å²) in [6, 6.07) is 0. The van der Waals surface area contributed by atoms with Gasteiger partial charge in [0, 0.05) is 37.1 Å². The van der Waals surface area contributed by atoms with E-state index in [2.05, 4.69) is 34.4 Å². The zero-order valence-corrected chi connectivity index (χ0v) is 36.2. The molecule has 0 aliphatic carbocycles. The molecule has 60 heavy (non-hydrogen) atoms. The molecule has 1 aliphatic rings. The fourth-order valence-corrected chi connectivity index (χ4v) is 8.82. The molecule has 1 aliphatic heterocycles. The second-order valence-corrected chi connectivity index (χ2v) is 19.2. The lowest BCUT2D eigenvalue weighted by Gasteiger charge is -2.30. The van der Waals surface area contributed by atoms with Crippen molar-refractivity contribution in [2.45, 2.75) is 89.9 Å². The molecule has 2 unspecified atom stereocenters. The normalized spacial score (nSPS) is 21.1. The average molecular weight is 934 g/mol. The van der Waals surface area contributed by atoms with Crippen molar-refractivity contribution < 1.29 is 85.3 Å². The van der Waals surface area contributed by atoms with E-state index >= 15 is 0 Å². The number of Topliss-reactive ketones (excluding diaryl/α,β-unsaturated/α-hetero) is 1. The van der Waals surface area contributed by atoms with E-state index in [1.165, 1.54) is 13.8 Å². The topological polar surface area (TPSA) is 381 Å². The predicted octanol–water partition coefficient (Wildman–Crippen LogP) is 0.760. The summed E-state index contributed by atoms with van der Waals surface area (Å²) in [5, 5.41) is 26.0. The van der Waals surface area contributed by atoms with Gasteiger partial charge in [0.25, 0.3) is 0 Å². The Morgan fingerprint density at radius 1 is 1.03 bits per heavy atom. The molecule has 338 valence electrons. The number of hydrogen-bond donors (Lipinski definition) is 9. The Kier molecular flexibility index (Phi) is 19.6. The standard InChI is InChI=1S/C31H50N7O18P3S/c1-4-5-6-7-8-9-19(39)14-22(41)60-13-12-33-21(40)10-11-34-29(44)26(43)31(2,3)16-53-59(50,51)56-58(48,49)52-15-20-25(55-57(45,46)47)24(42)30(54-20)38-18-37-23-27(32)35-17-36-28(23)38/h5-6,17-18,20,24-26,30,42-43H,4,7-16H2,1-3H3,(H,33,40)(H,34,44)(H,48,49)(H,50,51)(H2,32,35,36)(H2,45,46,47)/b6-5-/t20-,24-,25-,26+,30-/m1/s1. The third-order valence-corrected chi connectivity index (χ3v) is 12.3. The molecule has 3 heterocycles. The fourth-order valence-electron chi connectivity index (χ4n) is 5.30. The molecule has 2 aromatic rings. The molecule has 2 amide bonds. The first kappa shape index (κ1) is 51.3. The van der Waals surface area contributed by atoms with Crippen LogP contribution in [0.1, 0.15) is 65.5 Å². The Labute approximate surface area is 347 Å². The van der Waals surface area contributed by atoms with Gasteiger partial charge < -0.3 is 50.9 Å². The number of hydrogen-bond acceptors (Lipinski definition) is 19. The van der Waals surface area contributed by atoms with Crippen LogP contribution in [-0.4, -0.2) is 128 Å². The summed E-state index contributed by atoms with van der Waals surface area (Å²) in [6.45, 7) is 2.31. The van der Waals surface area contributed by atoms with E-state index in [4.69, 9.17) is 19.5 Å². The van der Waals surface area contributed by atoms with Crippen LogP contribution in [0.5, 0.6) is 0 Å². The first-order valence-electron chi connectivity index (χ1n) is 18.2. The number of allylic oxidation sites excluding steroid dienone is 2. The summed E-state index contributed by atoms with van der Waals surface area (Å²) in [5.74, 6) is -1.47. The van der Waals surface area contributed by atoms with Crippen LogP contribution >= 0.6 is 35.2 Å². The summed E-state index contributed by atoms with van der Waals surface area (Å²) in [6.07, 6.45) is -0.593. The lowest BCUT2D eigenvalue weighted by molar-refractivity contribution is -0.137. The number of nitrogen functional groups attached to an aromatic ring is 1. The Hall–Kier alpha value is -3.03. The molecule has 0 aromatic carbocycles. The number of ketones is 1. The SMILES string of the molecule is CC/C=C\CCCC(=O)CC(=O)SCCNC(=O)CCNC(=O)[C@H](O)C(C)(C)COP(=O)(O)OP(=O)(O)OC[C@H]1O[C@@H](n2cnc3c(N)ncnc32)[C@H](O)[C@@H]1OP(=O)(O)O. The number of aromatic nitrogens is 4. The van der Waals surface area contributed by atoms with Gasteiger partial charge in [0.2, 0.25) is 11.8 Å². The lowest BCUT2D eigenvalue weighted by atomic mass is 9.87. The van der Waals surface area contributed by atoms with Gasteiger partial charge in [0.15, 0.2) is 22.8 Å². The molecule has 3 rings (SSSR count). The number of rotatable bonds is 26. The third kappa shape index (κ3) is 16.7. The molecule has 0 radical (unpaired) electrons. The average Bonchev–Trinajstić information content (AvgIpc) is 3.71. The summed E-state index contributed by atoms with van der Waals surface area (Å²) >= 11 is 0.911. The maximum Gasteiger partial charge on any atom is 0.481 e. The van der Waals surface area contributed by atoms with Gasteiger partial charge in [-0.2, -0.15) is 4.31 Å². The molecule has 0 saturated carbocycles. The number of unbranched alkanes of at least 4 members (excludes halogenated alkanes) is 1. The van der Waals surface area contributed by atoms with Crippen molar-refractivity contribution in [2.24, 2.45) is 5.41 Å². The molecule has 2 aromatic heterocycles. The van der Waals surface area contributed by atoms with E-state index in [1.807, 2.05) is 19.1 Å². The number of phosphoric ester groups is 3. The van der Waals surface area contributed by atoms with E-state index in [9.17, 15) is 62.7 Å². The molecule has 1 fully saturated rings. The highest BCUT2D eigenvalue weighted by Gasteiger charge is 2.50. The number of carbonyl (C=O) groups is 4. The van der Waals surface area contributed by atoms with Crippen LogP contribution in [0.15, 0.2) is 24.8 Å². The number of thioether (sulfide) groups is 1. The van der Waals surface area contributed by atoms with Crippen molar-refractivity contribution in [2.75, 3.05) is 37.8 Å². The van der Waals surface area contributed by atoms with Crippen LogP contribution in [0.2, 0.25) is 0 Å². The van der Waals surface area contributed by atoms with Crippen molar-refractivity contribution in [1.29, 1.82) is 0 Å². The van der Waals surface area contributed by atoms with Crippen LogP contribution in [0.4, 0.5) is 5.82 Å². The number of fused-ring (bicyclic) bond motifs is 1. The minimum Gasteiger partial charge on any atom is -0.386 e. The highest BCUT2D eigenvalue weighted by atomic mass is 32.2. The minimum atomic E-state index is -5.59. The molecular formula is C31H50N7O18P3S. The van der Waals surface area contributed by atoms with Crippen LogP contribution in [0.3, 0.4) is 0 Å². The first-order chi connectivity index (χ1) is 27.9. The second-order valence-electron chi connectivity index (χ2n) is 13.8. The number of aliphatic hydroxyl groups excluding tert-OH is 2. The zero-order valence-electron chi connectivity index (χ0n) is 32.7. The smallest absolute Gasteiger partial charge is 0.386 e. The third-order valence-electron chi connectivity index (χ3n) is 8.34. The van der Waals surface area contributed by atoms with Crippen molar-refractivity contribution >= 4 is 74.9 Å². The number of anilines is 1. The lowest BCUT2D eigenvalue weighted by Crippen LogP contribution is -2.46. The van der Waals surface area contributed by atoms with Gasteiger partial charge in [-0.25, -0.2) is 28.6 Å².